The molecule has 1 aromatic rings. The van der Waals surface area contributed by atoms with Gasteiger partial charge in [0.1, 0.15) is 24.2 Å². The summed E-state index contributed by atoms with van der Waals surface area (Å²) in [5, 5.41) is 28.0. The maximum atomic E-state index is 13.3. The van der Waals surface area contributed by atoms with Gasteiger partial charge in [-0.05, 0) is 69.9 Å². The zero-order valence-electron chi connectivity index (χ0n) is 34.1. The molecule has 19 nitrogen and oxygen atoms in total. The molecule has 1 aromatic carbocycles. The average Bonchev–Trinajstić information content (AvgIpc) is 3.15. The summed E-state index contributed by atoms with van der Waals surface area (Å²) in [6.07, 6.45) is 2.46. The normalized spacial score (nSPS) is 14.1. The second kappa shape index (κ2) is 26.5. The van der Waals surface area contributed by atoms with E-state index in [4.69, 9.17) is 17.2 Å². The standard InChI is InChI=1S/C38H65N11O8/c1-7-24(5)31(39)35(54)45-20-29(50)47-27(14-8-9-16-42-19-26-13-10-12-23(4)18-26)34(53)44-21-30(51)49-32(22(2)3)36(55)46-25(6)33(52)48-28(37(56)57)15-11-17-43-38(40)41/h10,12-13,18,22,24-25,27-28,31-32,42H,7-9,11,14-17,19-21,39H2,1-6H3,(H,44,53)(H,45,54)(H,46,55)(H,47,50)(H,48,52)(H,49,51)(H,56,57)(H4,40,41,43)/t24-,25-,27-,28-,31-,32-/m0/s1. The number of carboxylic acids is 1. The molecule has 0 saturated carbocycles. The molecule has 0 radical (unpaired) electrons. The highest BCUT2D eigenvalue weighted by Crippen LogP contribution is 2.07. The molecule has 6 atom stereocenters. The molecule has 0 fully saturated rings. The third-order valence-electron chi connectivity index (χ3n) is 9.14. The second-order valence-corrected chi connectivity index (χ2v) is 14.5. The molecule has 0 heterocycles. The Hall–Kier alpha value is -5.30. The van der Waals surface area contributed by atoms with E-state index >= 15 is 0 Å². The van der Waals surface area contributed by atoms with Crippen LogP contribution in [0, 0.1) is 18.8 Å². The summed E-state index contributed by atoms with van der Waals surface area (Å²) < 4.78 is 0. The highest BCUT2D eigenvalue weighted by Gasteiger charge is 2.29. The van der Waals surface area contributed by atoms with Gasteiger partial charge in [-0.15, -0.1) is 0 Å². The molecule has 57 heavy (non-hydrogen) atoms. The molecule has 1 rings (SSSR count). The number of hydrogen-bond acceptors (Lipinski definition) is 10. The summed E-state index contributed by atoms with van der Waals surface area (Å²) in [6.45, 7) is 11.0. The van der Waals surface area contributed by atoms with Crippen LogP contribution < -0.4 is 54.4 Å². The molecular weight excluding hydrogens is 738 g/mol. The maximum absolute atomic E-state index is 13.3. The van der Waals surface area contributed by atoms with Crippen LogP contribution in [0.25, 0.3) is 0 Å². The van der Waals surface area contributed by atoms with Crippen molar-refractivity contribution in [1.29, 1.82) is 0 Å². The quantitative estimate of drug-likeness (QED) is 0.0279. The number of guanidine groups is 1. The summed E-state index contributed by atoms with van der Waals surface area (Å²) in [4.78, 5) is 92.9. The van der Waals surface area contributed by atoms with E-state index in [0.717, 1.165) is 11.1 Å². The minimum atomic E-state index is -1.28. The Bertz CT molecular complexity index is 1520. The van der Waals surface area contributed by atoms with Gasteiger partial charge in [0.2, 0.25) is 35.4 Å². The van der Waals surface area contributed by atoms with E-state index < -0.39 is 90.6 Å². The average molecular weight is 804 g/mol. The molecule has 320 valence electrons. The van der Waals surface area contributed by atoms with E-state index in [1.165, 1.54) is 6.92 Å². The van der Waals surface area contributed by atoms with Gasteiger partial charge in [0, 0.05) is 13.1 Å². The van der Waals surface area contributed by atoms with Crippen molar-refractivity contribution in [1.82, 2.24) is 37.2 Å². The molecule has 0 saturated heterocycles. The fourth-order valence-corrected chi connectivity index (χ4v) is 5.44. The third kappa shape index (κ3) is 20.4. The van der Waals surface area contributed by atoms with Crippen LogP contribution in [-0.2, 0) is 40.1 Å². The Kier molecular flexibility index (Phi) is 23.1. The van der Waals surface area contributed by atoms with Crippen molar-refractivity contribution in [2.24, 2.45) is 34.0 Å². The molecule has 0 bridgehead atoms. The van der Waals surface area contributed by atoms with Crippen molar-refractivity contribution in [3.8, 4) is 0 Å². The molecule has 0 spiro atoms. The van der Waals surface area contributed by atoms with Crippen LogP contribution in [0.2, 0.25) is 0 Å². The lowest BCUT2D eigenvalue weighted by Crippen LogP contribution is -2.57. The molecular formula is C38H65N11O8. The van der Waals surface area contributed by atoms with E-state index in [0.29, 0.717) is 32.4 Å². The Balaban J connectivity index is 2.82. The smallest absolute Gasteiger partial charge is 0.326 e. The topological polar surface area (TPSA) is 314 Å². The van der Waals surface area contributed by atoms with Gasteiger partial charge in [-0.1, -0.05) is 63.9 Å². The van der Waals surface area contributed by atoms with Crippen LogP contribution in [-0.4, -0.2) is 109 Å². The van der Waals surface area contributed by atoms with Gasteiger partial charge in [-0.25, -0.2) is 4.79 Å². The molecule has 0 aromatic heterocycles. The first-order valence-corrected chi connectivity index (χ1v) is 19.4. The number of nitrogens with one attached hydrogen (secondary N) is 7. The fourth-order valence-electron chi connectivity index (χ4n) is 5.44. The maximum Gasteiger partial charge on any atom is 0.326 e. The lowest BCUT2D eigenvalue weighted by atomic mass is 9.99. The molecule has 19 heteroatoms. The van der Waals surface area contributed by atoms with E-state index in [1.54, 1.807) is 13.8 Å². The van der Waals surface area contributed by atoms with Crippen molar-refractivity contribution >= 4 is 47.4 Å². The van der Waals surface area contributed by atoms with E-state index in [-0.39, 0.29) is 37.7 Å². The number of nitrogens with zero attached hydrogens (tertiary/aromatic N) is 1. The number of aliphatic carboxylic acids is 1. The van der Waals surface area contributed by atoms with Crippen LogP contribution in [0.15, 0.2) is 29.3 Å². The third-order valence-corrected chi connectivity index (χ3v) is 9.14. The number of rotatable bonds is 27. The van der Waals surface area contributed by atoms with Crippen LogP contribution >= 0.6 is 0 Å². The summed E-state index contributed by atoms with van der Waals surface area (Å²) in [7, 11) is 0. The van der Waals surface area contributed by atoms with Crippen molar-refractivity contribution in [2.75, 3.05) is 26.2 Å². The minimum Gasteiger partial charge on any atom is -0.480 e. The van der Waals surface area contributed by atoms with Gasteiger partial charge in [-0.3, -0.25) is 33.8 Å². The molecule has 0 unspecified atom stereocenters. The number of unbranched alkanes of at least 4 members (excludes halogenated alkanes) is 1. The first kappa shape index (κ1) is 49.7. The predicted molar refractivity (Wildman–Crippen MR) is 216 cm³/mol. The molecule has 14 N–H and O–H groups in total. The number of hydrogen-bond donors (Lipinski definition) is 11. The predicted octanol–water partition coefficient (Wildman–Crippen LogP) is -1.39. The Morgan fingerprint density at radius 1 is 0.772 bits per heavy atom. The van der Waals surface area contributed by atoms with E-state index in [2.05, 4.69) is 48.3 Å². The summed E-state index contributed by atoms with van der Waals surface area (Å²) in [5.41, 5.74) is 18.8. The number of aryl methyl sites for hydroxylation is 1. The largest absolute Gasteiger partial charge is 0.480 e. The monoisotopic (exact) mass is 804 g/mol. The van der Waals surface area contributed by atoms with Crippen LogP contribution in [0.3, 0.4) is 0 Å². The first-order chi connectivity index (χ1) is 26.9. The lowest BCUT2D eigenvalue weighted by molar-refractivity contribution is -0.142. The molecule has 0 aliphatic heterocycles. The van der Waals surface area contributed by atoms with Crippen molar-refractivity contribution in [2.45, 2.75) is 117 Å². The lowest BCUT2D eigenvalue weighted by Gasteiger charge is -2.25. The Morgan fingerprint density at radius 3 is 2.00 bits per heavy atom. The highest BCUT2D eigenvalue weighted by molar-refractivity contribution is 5.95. The van der Waals surface area contributed by atoms with E-state index in [9.17, 15) is 38.7 Å². The zero-order valence-corrected chi connectivity index (χ0v) is 34.1. The van der Waals surface area contributed by atoms with Gasteiger partial charge in [-0.2, -0.15) is 0 Å². The molecule has 0 aliphatic rings. The Morgan fingerprint density at radius 2 is 1.40 bits per heavy atom. The minimum absolute atomic E-state index is 0.0365. The number of amides is 6. The van der Waals surface area contributed by atoms with Gasteiger partial charge in [0.15, 0.2) is 5.96 Å². The van der Waals surface area contributed by atoms with Crippen LogP contribution in [0.1, 0.15) is 84.3 Å². The van der Waals surface area contributed by atoms with Crippen molar-refractivity contribution in [3.05, 3.63) is 35.4 Å². The second-order valence-electron chi connectivity index (χ2n) is 14.5. The highest BCUT2D eigenvalue weighted by atomic mass is 16.4. The molecule has 0 aliphatic carbocycles. The number of nitrogens with two attached hydrogens (primary N) is 3. The number of carbonyl (C=O) groups excluding carboxylic acids is 6. The number of carboxylic acid groups (broad SMARTS) is 1. The Labute approximate surface area is 335 Å². The SMILES string of the molecule is CC[C@H](C)[C@H](N)C(=O)NCC(=O)N[C@@H](CCCCNCc1cccc(C)c1)C(=O)NCC(=O)N[C@H](C(=O)N[C@@H](C)C(=O)N[C@@H](CCCN=C(N)N)C(=O)O)C(C)C. The van der Waals surface area contributed by atoms with Gasteiger partial charge in [0.25, 0.3) is 0 Å². The van der Waals surface area contributed by atoms with E-state index in [1.807, 2.05) is 39.0 Å². The van der Waals surface area contributed by atoms with Gasteiger partial charge < -0.3 is 59.5 Å². The number of carbonyl (C=O) groups is 7. The number of aliphatic imine (C=N–C) groups is 1. The van der Waals surface area contributed by atoms with Crippen molar-refractivity contribution < 1.29 is 38.7 Å². The van der Waals surface area contributed by atoms with Gasteiger partial charge in [0.05, 0.1) is 19.1 Å². The summed E-state index contributed by atoms with van der Waals surface area (Å²) in [5.74, 6) is -5.88. The summed E-state index contributed by atoms with van der Waals surface area (Å²) in [6, 6.07) is 2.75. The first-order valence-electron chi connectivity index (χ1n) is 19.4. The van der Waals surface area contributed by atoms with Gasteiger partial charge >= 0.3 is 5.97 Å². The zero-order chi connectivity index (χ0) is 43.1. The fraction of sp³-hybridized carbons (Fsp3) is 0.632. The van der Waals surface area contributed by atoms with Crippen molar-refractivity contribution in [3.63, 3.8) is 0 Å². The number of benzene rings is 1. The molecule has 6 amide bonds. The van der Waals surface area contributed by atoms with Crippen LogP contribution in [0.5, 0.6) is 0 Å². The van der Waals surface area contributed by atoms with Crippen LogP contribution in [0.4, 0.5) is 0 Å². The summed E-state index contributed by atoms with van der Waals surface area (Å²) >= 11 is 0.